The highest BCUT2D eigenvalue weighted by atomic mass is 15.1. The Bertz CT molecular complexity index is 1180. The van der Waals surface area contributed by atoms with Crippen LogP contribution in [0.4, 0.5) is 0 Å². The third-order valence-corrected chi connectivity index (χ3v) is 9.37. The molecule has 0 radical (unpaired) electrons. The molecule has 166 valence electrons. The minimum Gasteiger partial charge on any atom is -0.193 e. The van der Waals surface area contributed by atoms with Gasteiger partial charge in [0.1, 0.15) is 0 Å². The van der Waals surface area contributed by atoms with Crippen molar-refractivity contribution in [3.05, 3.63) is 64.8 Å². The molecule has 1 saturated carbocycles. The molecule has 1 heteroatoms. The van der Waals surface area contributed by atoms with E-state index in [1.54, 1.807) is 16.7 Å². The SMILES string of the molecule is CCCCc1ccc2cc3c(cc2c1)CCC(CC)(CC)[n+]1cc2c(cc1-3)C1CCC2C1. The van der Waals surface area contributed by atoms with Gasteiger partial charge in [0.15, 0.2) is 11.7 Å². The first-order valence-electron chi connectivity index (χ1n) is 13.3. The maximum absolute atomic E-state index is 2.75. The lowest BCUT2D eigenvalue weighted by molar-refractivity contribution is -0.757. The maximum atomic E-state index is 2.75. The van der Waals surface area contributed by atoms with Crippen LogP contribution in [-0.2, 0) is 18.4 Å². The Morgan fingerprint density at radius 2 is 1.72 bits per heavy atom. The molecule has 2 aliphatic carbocycles. The highest BCUT2D eigenvalue weighted by Crippen LogP contribution is 2.53. The van der Waals surface area contributed by atoms with Crippen LogP contribution in [0, 0.1) is 0 Å². The van der Waals surface area contributed by atoms with Gasteiger partial charge in [-0.05, 0) is 83.9 Å². The normalized spacial score (nSPS) is 22.5. The van der Waals surface area contributed by atoms with Crippen LogP contribution in [-0.4, -0.2) is 0 Å². The fourth-order valence-corrected chi connectivity index (χ4v) is 7.23. The molecule has 0 amide bonds. The molecular formula is C31H38N+. The second-order valence-corrected chi connectivity index (χ2v) is 10.9. The van der Waals surface area contributed by atoms with E-state index in [0.29, 0.717) is 0 Å². The summed E-state index contributed by atoms with van der Waals surface area (Å²) in [7, 11) is 0. The smallest absolute Gasteiger partial charge is 0.193 e. The van der Waals surface area contributed by atoms with Crippen molar-refractivity contribution in [2.45, 2.75) is 102 Å². The molecule has 0 N–H and O–H groups in total. The number of rotatable bonds is 5. The third kappa shape index (κ3) is 3.00. The van der Waals surface area contributed by atoms with Gasteiger partial charge in [-0.15, -0.1) is 0 Å². The maximum Gasteiger partial charge on any atom is 0.213 e. The molecule has 0 spiro atoms. The third-order valence-electron chi connectivity index (χ3n) is 9.37. The van der Waals surface area contributed by atoms with Crippen molar-refractivity contribution in [1.82, 2.24) is 0 Å². The Morgan fingerprint density at radius 3 is 2.50 bits per heavy atom. The number of pyridine rings is 1. The predicted octanol–water partition coefficient (Wildman–Crippen LogP) is 7.96. The van der Waals surface area contributed by atoms with E-state index in [1.165, 1.54) is 91.8 Å². The van der Waals surface area contributed by atoms with E-state index in [9.17, 15) is 0 Å². The number of hydrogen-bond donors (Lipinski definition) is 0. The highest BCUT2D eigenvalue weighted by molar-refractivity contribution is 5.89. The monoisotopic (exact) mass is 424 g/mol. The van der Waals surface area contributed by atoms with Gasteiger partial charge < -0.3 is 0 Å². The van der Waals surface area contributed by atoms with Gasteiger partial charge in [-0.2, -0.15) is 4.57 Å². The molecule has 2 atom stereocenters. The van der Waals surface area contributed by atoms with Gasteiger partial charge in [-0.3, -0.25) is 0 Å². The number of benzene rings is 2. The summed E-state index contributed by atoms with van der Waals surface area (Å²) in [6.07, 6.45) is 15.4. The summed E-state index contributed by atoms with van der Waals surface area (Å²) in [5.41, 5.74) is 9.64. The molecule has 1 aliphatic heterocycles. The van der Waals surface area contributed by atoms with Gasteiger partial charge in [-0.25, -0.2) is 0 Å². The minimum absolute atomic E-state index is 0.240. The summed E-state index contributed by atoms with van der Waals surface area (Å²) in [4.78, 5) is 0. The van der Waals surface area contributed by atoms with Crippen molar-refractivity contribution in [3.63, 3.8) is 0 Å². The van der Waals surface area contributed by atoms with Crippen LogP contribution in [0.3, 0.4) is 0 Å². The molecule has 32 heavy (non-hydrogen) atoms. The zero-order valence-electron chi connectivity index (χ0n) is 20.2. The first kappa shape index (κ1) is 20.5. The van der Waals surface area contributed by atoms with E-state index in [-0.39, 0.29) is 5.54 Å². The lowest BCUT2D eigenvalue weighted by atomic mass is 9.85. The second-order valence-electron chi connectivity index (χ2n) is 10.9. The van der Waals surface area contributed by atoms with Gasteiger partial charge in [-0.1, -0.05) is 51.5 Å². The topological polar surface area (TPSA) is 3.88 Å². The van der Waals surface area contributed by atoms with E-state index < -0.39 is 0 Å². The molecule has 1 nitrogen and oxygen atoms in total. The van der Waals surface area contributed by atoms with Crippen molar-refractivity contribution in [2.24, 2.45) is 0 Å². The molecular weight excluding hydrogens is 386 g/mol. The number of aryl methyl sites for hydroxylation is 2. The summed E-state index contributed by atoms with van der Waals surface area (Å²) in [6.45, 7) is 7.10. The van der Waals surface area contributed by atoms with Crippen LogP contribution in [0.1, 0.15) is 106 Å². The standard InChI is InChI=1S/C31H38N/c1-4-7-8-21-9-10-22-18-28-25(17-26(22)15-21)13-14-31(5-2,6-3)32-20-29-24-12-11-23(16-24)27(29)19-30(28)32/h9-10,15,17-20,23-24H,4-8,11-14,16H2,1-3H3/q+1. The summed E-state index contributed by atoms with van der Waals surface area (Å²) < 4.78 is 2.75. The van der Waals surface area contributed by atoms with Crippen LogP contribution >= 0.6 is 0 Å². The lowest BCUT2D eigenvalue weighted by Crippen LogP contribution is -2.56. The molecule has 2 unspecified atom stereocenters. The molecule has 3 aromatic rings. The van der Waals surface area contributed by atoms with Crippen molar-refractivity contribution in [3.8, 4) is 11.3 Å². The van der Waals surface area contributed by atoms with Crippen molar-refractivity contribution in [1.29, 1.82) is 0 Å². The van der Waals surface area contributed by atoms with E-state index in [4.69, 9.17) is 0 Å². The summed E-state index contributed by atoms with van der Waals surface area (Å²) in [5, 5.41) is 2.84. The predicted molar refractivity (Wildman–Crippen MR) is 134 cm³/mol. The Morgan fingerprint density at radius 1 is 0.906 bits per heavy atom. The molecule has 1 fully saturated rings. The van der Waals surface area contributed by atoms with Gasteiger partial charge in [0.25, 0.3) is 0 Å². The van der Waals surface area contributed by atoms with Crippen molar-refractivity contribution >= 4 is 10.8 Å². The van der Waals surface area contributed by atoms with Crippen molar-refractivity contribution < 1.29 is 4.57 Å². The Balaban J connectivity index is 1.55. The van der Waals surface area contributed by atoms with Gasteiger partial charge in [0.05, 0.1) is 0 Å². The molecule has 0 saturated heterocycles. The number of aromatic nitrogens is 1. The molecule has 3 aliphatic rings. The lowest BCUT2D eigenvalue weighted by Gasteiger charge is -2.28. The van der Waals surface area contributed by atoms with E-state index in [0.717, 1.165) is 11.8 Å². The van der Waals surface area contributed by atoms with Crippen LogP contribution in [0.5, 0.6) is 0 Å². The van der Waals surface area contributed by atoms with Gasteiger partial charge in [0.2, 0.25) is 5.69 Å². The fourth-order valence-electron chi connectivity index (χ4n) is 7.23. The largest absolute Gasteiger partial charge is 0.213 e. The van der Waals surface area contributed by atoms with Crippen LogP contribution < -0.4 is 4.57 Å². The Labute approximate surface area is 193 Å². The first-order valence-corrected chi connectivity index (χ1v) is 13.3. The minimum atomic E-state index is 0.240. The van der Waals surface area contributed by atoms with Crippen LogP contribution in [0.15, 0.2) is 42.6 Å². The quantitative estimate of drug-likeness (QED) is 0.366. The molecule has 2 aromatic carbocycles. The zero-order chi connectivity index (χ0) is 21.9. The van der Waals surface area contributed by atoms with E-state index in [2.05, 4.69) is 67.9 Å². The Kier molecular flexibility index (Phi) is 4.93. The van der Waals surface area contributed by atoms with Gasteiger partial charge in [0, 0.05) is 36.5 Å². The van der Waals surface area contributed by atoms with Crippen molar-refractivity contribution in [2.75, 3.05) is 0 Å². The zero-order valence-corrected chi connectivity index (χ0v) is 20.2. The van der Waals surface area contributed by atoms with Crippen LogP contribution in [0.25, 0.3) is 22.0 Å². The van der Waals surface area contributed by atoms with Gasteiger partial charge >= 0.3 is 0 Å². The summed E-state index contributed by atoms with van der Waals surface area (Å²) >= 11 is 0. The number of fused-ring (bicyclic) bond motifs is 9. The van der Waals surface area contributed by atoms with E-state index >= 15 is 0 Å². The van der Waals surface area contributed by atoms with E-state index in [1.807, 2.05) is 0 Å². The second kappa shape index (κ2) is 7.72. The summed E-state index contributed by atoms with van der Waals surface area (Å²) in [5.74, 6) is 1.63. The van der Waals surface area contributed by atoms with Crippen LogP contribution in [0.2, 0.25) is 0 Å². The summed E-state index contributed by atoms with van der Waals surface area (Å²) in [6, 6.07) is 14.9. The number of unbranched alkanes of at least 4 members (excludes halogenated alkanes) is 1. The number of hydrogen-bond acceptors (Lipinski definition) is 0. The first-order chi connectivity index (χ1) is 15.7. The average Bonchev–Trinajstić information content (AvgIpc) is 3.42. The number of nitrogens with zero attached hydrogens (tertiary/aromatic N) is 1. The highest BCUT2D eigenvalue weighted by Gasteiger charge is 2.45. The molecule has 2 bridgehead atoms. The molecule has 1 aromatic heterocycles. The molecule has 2 heterocycles. The molecule has 6 rings (SSSR count). The Hall–Kier alpha value is -2.15. The average molecular weight is 425 g/mol. The fraction of sp³-hybridized carbons (Fsp3) is 0.516.